The molecule has 1 aliphatic rings. The summed E-state index contributed by atoms with van der Waals surface area (Å²) >= 11 is 1.68. The van der Waals surface area contributed by atoms with Gasteiger partial charge in [0.1, 0.15) is 0 Å². The second-order valence-electron chi connectivity index (χ2n) is 5.49. The van der Waals surface area contributed by atoms with Crippen LogP contribution in [0.1, 0.15) is 11.3 Å². The van der Waals surface area contributed by atoms with E-state index in [1.807, 2.05) is 23.4 Å². The van der Waals surface area contributed by atoms with Gasteiger partial charge in [0.05, 0.1) is 5.92 Å². The second-order valence-corrected chi connectivity index (χ2v) is 6.52. The smallest absolute Gasteiger partial charge is 0.225 e. The van der Waals surface area contributed by atoms with E-state index in [0.717, 1.165) is 13.0 Å². The van der Waals surface area contributed by atoms with Gasteiger partial charge in [0.2, 0.25) is 11.8 Å². The molecule has 5 nitrogen and oxygen atoms in total. The van der Waals surface area contributed by atoms with Gasteiger partial charge in [-0.2, -0.15) is 0 Å². The van der Waals surface area contributed by atoms with E-state index in [4.69, 9.17) is 0 Å². The zero-order chi connectivity index (χ0) is 15.2. The van der Waals surface area contributed by atoms with Crippen molar-refractivity contribution in [1.82, 2.24) is 15.1 Å². The van der Waals surface area contributed by atoms with E-state index in [-0.39, 0.29) is 17.7 Å². The molecule has 1 aromatic rings. The maximum atomic E-state index is 12.4. The van der Waals surface area contributed by atoms with Gasteiger partial charge in [-0.1, -0.05) is 6.07 Å². The normalized spacial score (nSPS) is 20.1. The highest BCUT2D eigenvalue weighted by molar-refractivity contribution is 7.09. The number of nitrogens with zero attached hydrogens (tertiary/aromatic N) is 2. The molecule has 1 atom stereocenters. The Morgan fingerprint density at radius 1 is 1.38 bits per heavy atom. The first kappa shape index (κ1) is 16.0. The lowest BCUT2D eigenvalue weighted by Crippen LogP contribution is -2.41. The van der Waals surface area contributed by atoms with Crippen LogP contribution in [0.5, 0.6) is 0 Å². The minimum Gasteiger partial charge on any atom is -0.359 e. The molecule has 2 amide bonds. The highest BCUT2D eigenvalue weighted by atomic mass is 32.1. The minimum absolute atomic E-state index is 0.0137. The molecule has 2 rings (SSSR count). The molecule has 0 radical (unpaired) electrons. The lowest BCUT2D eigenvalue weighted by Gasteiger charge is -2.23. The Kier molecular flexibility index (Phi) is 5.76. The number of hydrogen-bond donors (Lipinski definition) is 1. The van der Waals surface area contributed by atoms with Crippen LogP contribution in [0, 0.1) is 5.92 Å². The van der Waals surface area contributed by atoms with Gasteiger partial charge in [-0.05, 0) is 24.9 Å². The van der Waals surface area contributed by atoms with Crippen LogP contribution in [0.25, 0.3) is 0 Å². The molecule has 21 heavy (non-hydrogen) atoms. The highest BCUT2D eigenvalue weighted by Gasteiger charge is 2.28. The third kappa shape index (κ3) is 4.54. The van der Waals surface area contributed by atoms with Crippen LogP contribution >= 0.6 is 11.3 Å². The minimum atomic E-state index is -0.145. The number of thiophene rings is 1. The van der Waals surface area contributed by atoms with E-state index >= 15 is 0 Å². The van der Waals surface area contributed by atoms with Gasteiger partial charge in [-0.25, -0.2) is 0 Å². The Labute approximate surface area is 129 Å². The van der Waals surface area contributed by atoms with Gasteiger partial charge >= 0.3 is 0 Å². The van der Waals surface area contributed by atoms with Gasteiger partial charge in [0.25, 0.3) is 0 Å². The Hall–Kier alpha value is -1.40. The summed E-state index contributed by atoms with van der Waals surface area (Å²) < 4.78 is 0. The summed E-state index contributed by atoms with van der Waals surface area (Å²) in [5.74, 6) is 0.0144. The molecule has 1 aliphatic heterocycles. The summed E-state index contributed by atoms with van der Waals surface area (Å²) in [6.07, 6.45) is 1.30. The zero-order valence-corrected chi connectivity index (χ0v) is 13.5. The predicted molar refractivity (Wildman–Crippen MR) is 84.3 cm³/mol. The molecule has 116 valence electrons. The topological polar surface area (TPSA) is 52.7 Å². The van der Waals surface area contributed by atoms with Crippen molar-refractivity contribution in [3.8, 4) is 0 Å². The molecular formula is C15H23N3O2S. The average molecular weight is 309 g/mol. The third-order valence-electron chi connectivity index (χ3n) is 3.86. The SMILES string of the molecule is CNC(=O)C1CN(C)CCN(C(=O)CCc2cccs2)C1. The molecule has 0 aromatic carbocycles. The Morgan fingerprint density at radius 2 is 2.19 bits per heavy atom. The largest absolute Gasteiger partial charge is 0.359 e. The zero-order valence-electron chi connectivity index (χ0n) is 12.7. The van der Waals surface area contributed by atoms with Crippen molar-refractivity contribution in [2.75, 3.05) is 40.3 Å². The fraction of sp³-hybridized carbons (Fsp3) is 0.600. The van der Waals surface area contributed by atoms with Crippen molar-refractivity contribution in [3.05, 3.63) is 22.4 Å². The van der Waals surface area contributed by atoms with Gasteiger partial charge < -0.3 is 15.1 Å². The van der Waals surface area contributed by atoms with E-state index in [9.17, 15) is 9.59 Å². The maximum Gasteiger partial charge on any atom is 0.225 e. The van der Waals surface area contributed by atoms with Crippen LogP contribution in [0.15, 0.2) is 17.5 Å². The fourth-order valence-corrected chi connectivity index (χ4v) is 3.32. The lowest BCUT2D eigenvalue weighted by atomic mass is 10.1. The van der Waals surface area contributed by atoms with Crippen molar-refractivity contribution in [2.24, 2.45) is 5.92 Å². The van der Waals surface area contributed by atoms with Crippen LogP contribution in [0.3, 0.4) is 0 Å². The number of likely N-dealkylation sites (N-methyl/N-ethyl adjacent to an activating group) is 1. The summed E-state index contributed by atoms with van der Waals surface area (Å²) in [6.45, 7) is 2.74. The van der Waals surface area contributed by atoms with Crippen molar-refractivity contribution in [1.29, 1.82) is 0 Å². The molecule has 1 aromatic heterocycles. The lowest BCUT2D eigenvalue weighted by molar-refractivity contribution is -0.132. The Morgan fingerprint density at radius 3 is 2.86 bits per heavy atom. The van der Waals surface area contributed by atoms with Gasteiger partial charge in [-0.3, -0.25) is 9.59 Å². The van der Waals surface area contributed by atoms with E-state index in [2.05, 4.69) is 16.3 Å². The molecule has 0 saturated carbocycles. The molecular weight excluding hydrogens is 286 g/mol. The maximum absolute atomic E-state index is 12.4. The summed E-state index contributed by atoms with van der Waals surface area (Å²) in [5.41, 5.74) is 0. The number of nitrogens with one attached hydrogen (secondary N) is 1. The molecule has 1 saturated heterocycles. The standard InChI is InChI=1S/C15H23N3O2S/c1-16-15(20)12-10-17(2)7-8-18(11-12)14(19)6-5-13-4-3-9-21-13/h3-4,9,12H,5-8,10-11H2,1-2H3,(H,16,20). The van der Waals surface area contributed by atoms with Crippen LogP contribution in [0.2, 0.25) is 0 Å². The molecule has 1 unspecified atom stereocenters. The first-order valence-corrected chi connectivity index (χ1v) is 8.18. The van der Waals surface area contributed by atoms with Gasteiger partial charge in [0.15, 0.2) is 0 Å². The van der Waals surface area contributed by atoms with Gasteiger partial charge in [-0.15, -0.1) is 11.3 Å². The molecule has 1 N–H and O–H groups in total. The number of hydrogen-bond acceptors (Lipinski definition) is 4. The number of amides is 2. The molecule has 1 fully saturated rings. The van der Waals surface area contributed by atoms with E-state index in [0.29, 0.717) is 26.1 Å². The van der Waals surface area contributed by atoms with Crippen LogP contribution in [-0.2, 0) is 16.0 Å². The first-order valence-electron chi connectivity index (χ1n) is 7.30. The quantitative estimate of drug-likeness (QED) is 0.896. The second kappa shape index (κ2) is 7.56. The van der Waals surface area contributed by atoms with E-state index < -0.39 is 0 Å². The van der Waals surface area contributed by atoms with Crippen LogP contribution in [0.4, 0.5) is 0 Å². The van der Waals surface area contributed by atoms with Crippen LogP contribution < -0.4 is 5.32 Å². The van der Waals surface area contributed by atoms with Crippen molar-refractivity contribution in [2.45, 2.75) is 12.8 Å². The third-order valence-corrected chi connectivity index (χ3v) is 4.80. The van der Waals surface area contributed by atoms with Crippen molar-refractivity contribution >= 4 is 23.2 Å². The van der Waals surface area contributed by atoms with Crippen molar-refractivity contribution < 1.29 is 9.59 Å². The fourth-order valence-electron chi connectivity index (χ4n) is 2.61. The summed E-state index contributed by atoms with van der Waals surface area (Å²) in [7, 11) is 3.64. The summed E-state index contributed by atoms with van der Waals surface area (Å²) in [5, 5.41) is 4.73. The summed E-state index contributed by atoms with van der Waals surface area (Å²) in [6, 6.07) is 4.06. The predicted octanol–water partition coefficient (Wildman–Crippen LogP) is 0.817. The molecule has 2 heterocycles. The molecule has 6 heteroatoms. The Bertz CT molecular complexity index is 475. The number of rotatable bonds is 4. The Balaban J connectivity index is 1.93. The molecule has 0 bridgehead atoms. The number of carbonyl (C=O) groups excluding carboxylic acids is 2. The van der Waals surface area contributed by atoms with E-state index in [1.165, 1.54) is 4.88 Å². The highest BCUT2D eigenvalue weighted by Crippen LogP contribution is 2.14. The number of carbonyl (C=O) groups is 2. The van der Waals surface area contributed by atoms with Crippen LogP contribution in [-0.4, -0.2) is 61.9 Å². The average Bonchev–Trinajstić information content (AvgIpc) is 2.92. The first-order chi connectivity index (χ1) is 10.1. The van der Waals surface area contributed by atoms with Crippen molar-refractivity contribution in [3.63, 3.8) is 0 Å². The van der Waals surface area contributed by atoms with E-state index in [1.54, 1.807) is 18.4 Å². The van der Waals surface area contributed by atoms with Gasteiger partial charge in [0, 0.05) is 44.5 Å². The molecule has 0 aliphatic carbocycles. The molecule has 0 spiro atoms. The monoisotopic (exact) mass is 309 g/mol. The summed E-state index contributed by atoms with van der Waals surface area (Å²) in [4.78, 5) is 29.5. The number of aryl methyl sites for hydroxylation is 1.